The van der Waals surface area contributed by atoms with E-state index in [9.17, 15) is 18.0 Å². The van der Waals surface area contributed by atoms with Gasteiger partial charge in [-0.1, -0.05) is 19.3 Å². The first-order valence-corrected chi connectivity index (χ1v) is 12.0. The maximum Gasteiger partial charge on any atom is 0.409 e. The van der Waals surface area contributed by atoms with E-state index in [0.717, 1.165) is 25.7 Å². The molecule has 1 aliphatic carbocycles. The van der Waals surface area contributed by atoms with Crippen LogP contribution in [-0.4, -0.2) is 104 Å². The van der Waals surface area contributed by atoms with Crippen molar-refractivity contribution in [2.75, 3.05) is 59.0 Å². The Hall–Kier alpha value is -1.59. The van der Waals surface area contributed by atoms with E-state index in [1.54, 1.807) is 11.8 Å². The average Bonchev–Trinajstić information content (AvgIpc) is 2.75. The quantitative estimate of drug-likeness (QED) is 0.705. The smallest absolute Gasteiger partial charge is 0.409 e. The maximum absolute atomic E-state index is 12.9. The number of nitrogens with zero attached hydrogens (tertiary/aromatic N) is 4. The molecule has 0 radical (unpaired) electrons. The Kier molecular flexibility index (Phi) is 7.58. The molecule has 2 aliphatic heterocycles. The van der Waals surface area contributed by atoms with E-state index in [1.165, 1.54) is 19.9 Å². The fourth-order valence-electron chi connectivity index (χ4n) is 4.11. The highest BCUT2D eigenvalue weighted by Crippen LogP contribution is 2.19. The summed E-state index contributed by atoms with van der Waals surface area (Å²) in [5.41, 5.74) is 0. The topological polar surface area (TPSA) is 102 Å². The summed E-state index contributed by atoms with van der Waals surface area (Å²) >= 11 is 0. The van der Waals surface area contributed by atoms with E-state index < -0.39 is 16.3 Å². The molecular formula is C18H33N5O5S. The van der Waals surface area contributed by atoms with Crippen LogP contribution in [0.2, 0.25) is 0 Å². The van der Waals surface area contributed by atoms with E-state index in [2.05, 4.69) is 5.32 Å². The van der Waals surface area contributed by atoms with E-state index in [-0.39, 0.29) is 25.2 Å². The van der Waals surface area contributed by atoms with Crippen LogP contribution in [0.4, 0.5) is 9.59 Å². The van der Waals surface area contributed by atoms with Crippen LogP contribution in [0.15, 0.2) is 0 Å². The van der Waals surface area contributed by atoms with Crippen molar-refractivity contribution >= 4 is 22.3 Å². The normalized spacial score (nSPS) is 23.1. The second kappa shape index (κ2) is 9.94. The number of amides is 3. The zero-order valence-electron chi connectivity index (χ0n) is 17.2. The second-order valence-corrected chi connectivity index (χ2v) is 9.69. The molecule has 2 saturated heterocycles. The monoisotopic (exact) mass is 431 g/mol. The summed E-state index contributed by atoms with van der Waals surface area (Å²) in [5, 5.41) is 3.09. The van der Waals surface area contributed by atoms with Crippen LogP contribution < -0.4 is 5.32 Å². The first-order chi connectivity index (χ1) is 13.9. The summed E-state index contributed by atoms with van der Waals surface area (Å²) in [5.74, 6) is 0. The lowest BCUT2D eigenvalue weighted by Gasteiger charge is -2.39. The van der Waals surface area contributed by atoms with Gasteiger partial charge in [0.25, 0.3) is 10.2 Å². The molecule has 10 nitrogen and oxygen atoms in total. The molecule has 2 heterocycles. The van der Waals surface area contributed by atoms with Crippen molar-refractivity contribution < 1.29 is 22.7 Å². The van der Waals surface area contributed by atoms with Crippen LogP contribution in [0, 0.1) is 0 Å². The molecule has 0 spiro atoms. The van der Waals surface area contributed by atoms with Crippen LogP contribution in [0.25, 0.3) is 0 Å². The summed E-state index contributed by atoms with van der Waals surface area (Å²) in [4.78, 5) is 27.5. The number of urea groups is 1. The van der Waals surface area contributed by atoms with E-state index in [0.29, 0.717) is 45.9 Å². The number of piperazine rings is 2. The van der Waals surface area contributed by atoms with Gasteiger partial charge >= 0.3 is 12.1 Å². The van der Waals surface area contributed by atoms with Crippen molar-refractivity contribution in [3.8, 4) is 0 Å². The lowest BCUT2D eigenvalue weighted by Crippen LogP contribution is -2.59. The van der Waals surface area contributed by atoms with Gasteiger partial charge in [0.15, 0.2) is 0 Å². The van der Waals surface area contributed by atoms with Crippen molar-refractivity contribution in [2.24, 2.45) is 0 Å². The van der Waals surface area contributed by atoms with Gasteiger partial charge < -0.3 is 19.9 Å². The van der Waals surface area contributed by atoms with Crippen molar-refractivity contribution in [2.45, 2.75) is 45.1 Å². The number of hydrogen-bond donors (Lipinski definition) is 1. The van der Waals surface area contributed by atoms with Crippen LogP contribution in [0.1, 0.15) is 39.0 Å². The van der Waals surface area contributed by atoms with Gasteiger partial charge in [0.05, 0.1) is 6.61 Å². The molecule has 0 atom stereocenters. The van der Waals surface area contributed by atoms with Crippen LogP contribution in [0.5, 0.6) is 0 Å². The molecular weight excluding hydrogens is 398 g/mol. The molecule has 1 saturated carbocycles. The molecule has 3 amide bonds. The number of ether oxygens (including phenoxy) is 1. The predicted octanol–water partition coefficient (Wildman–Crippen LogP) is 0.665. The third-order valence-corrected chi connectivity index (χ3v) is 7.91. The highest BCUT2D eigenvalue weighted by atomic mass is 32.2. The van der Waals surface area contributed by atoms with Gasteiger partial charge in [-0.2, -0.15) is 17.0 Å². The van der Waals surface area contributed by atoms with Gasteiger partial charge in [-0.05, 0) is 19.8 Å². The minimum atomic E-state index is -3.59. The van der Waals surface area contributed by atoms with Gasteiger partial charge in [-0.3, -0.25) is 0 Å². The Morgan fingerprint density at radius 1 is 0.862 bits per heavy atom. The van der Waals surface area contributed by atoms with Crippen molar-refractivity contribution in [1.82, 2.24) is 23.7 Å². The molecule has 0 aromatic rings. The number of carbonyl (C=O) groups excluding carboxylic acids is 2. The van der Waals surface area contributed by atoms with Gasteiger partial charge in [0.2, 0.25) is 0 Å². The van der Waals surface area contributed by atoms with Crippen LogP contribution in [-0.2, 0) is 14.9 Å². The third-order valence-electron chi connectivity index (χ3n) is 5.88. The molecule has 166 valence electrons. The Bertz CT molecular complexity index is 666. The fourth-order valence-corrected chi connectivity index (χ4v) is 5.69. The second-order valence-electron chi connectivity index (χ2n) is 7.76. The fraction of sp³-hybridized carbons (Fsp3) is 0.889. The van der Waals surface area contributed by atoms with Gasteiger partial charge in [0.1, 0.15) is 0 Å². The average molecular weight is 432 g/mol. The Balaban J connectivity index is 1.46. The van der Waals surface area contributed by atoms with Crippen LogP contribution >= 0.6 is 0 Å². The van der Waals surface area contributed by atoms with Gasteiger partial charge in [-0.25, -0.2) is 9.59 Å². The van der Waals surface area contributed by atoms with Crippen molar-refractivity contribution in [1.29, 1.82) is 0 Å². The molecule has 3 rings (SSSR count). The lowest BCUT2D eigenvalue weighted by molar-refractivity contribution is 0.0919. The highest BCUT2D eigenvalue weighted by molar-refractivity contribution is 7.86. The van der Waals surface area contributed by atoms with E-state index >= 15 is 0 Å². The Morgan fingerprint density at radius 3 is 1.90 bits per heavy atom. The zero-order chi connectivity index (χ0) is 20.9. The summed E-state index contributed by atoms with van der Waals surface area (Å²) in [7, 11) is -3.59. The molecule has 0 bridgehead atoms. The summed E-state index contributed by atoms with van der Waals surface area (Å²) in [6, 6.07) is 0.158. The number of carbonyl (C=O) groups is 2. The highest BCUT2D eigenvalue weighted by Gasteiger charge is 2.36. The van der Waals surface area contributed by atoms with Crippen LogP contribution in [0.3, 0.4) is 0 Å². The number of nitrogens with one attached hydrogen (secondary N) is 1. The Labute approximate surface area is 173 Å². The molecule has 11 heteroatoms. The summed E-state index contributed by atoms with van der Waals surface area (Å²) < 4.78 is 33.7. The number of rotatable bonds is 4. The molecule has 3 fully saturated rings. The van der Waals surface area contributed by atoms with Crippen molar-refractivity contribution in [3.05, 3.63) is 0 Å². The Morgan fingerprint density at radius 2 is 1.38 bits per heavy atom. The molecule has 3 aliphatic rings. The number of hydrogen-bond acceptors (Lipinski definition) is 5. The largest absolute Gasteiger partial charge is 0.450 e. The molecule has 1 N–H and O–H groups in total. The summed E-state index contributed by atoms with van der Waals surface area (Å²) in [6.07, 6.45) is 5.19. The summed E-state index contributed by atoms with van der Waals surface area (Å²) in [6.45, 7) is 4.55. The zero-order valence-corrected chi connectivity index (χ0v) is 18.0. The van der Waals surface area contributed by atoms with E-state index in [1.807, 2.05) is 0 Å². The third kappa shape index (κ3) is 5.52. The molecule has 29 heavy (non-hydrogen) atoms. The SMILES string of the molecule is CCOC(=O)N1CCN(S(=O)(=O)N2CCN(C(=O)NC3CCCCC3)CC2)CC1. The van der Waals surface area contributed by atoms with Crippen molar-refractivity contribution in [3.63, 3.8) is 0 Å². The first-order valence-electron chi connectivity index (χ1n) is 10.6. The predicted molar refractivity (Wildman–Crippen MR) is 108 cm³/mol. The standard InChI is InChI=1S/C18H33N5O5S/c1-2-28-18(25)21-10-14-23(15-11-21)29(26,27)22-12-8-20(9-13-22)17(24)19-16-6-4-3-5-7-16/h16H,2-15H2,1H3,(H,19,24). The molecule has 0 aromatic heterocycles. The van der Waals surface area contributed by atoms with E-state index in [4.69, 9.17) is 4.74 Å². The first kappa shape index (κ1) is 22.1. The molecule has 0 aromatic carbocycles. The minimum absolute atomic E-state index is 0.0861. The lowest BCUT2D eigenvalue weighted by atomic mass is 9.96. The van der Waals surface area contributed by atoms with Gasteiger partial charge in [0, 0.05) is 58.4 Å². The minimum Gasteiger partial charge on any atom is -0.450 e. The van der Waals surface area contributed by atoms with Gasteiger partial charge in [-0.15, -0.1) is 0 Å². The maximum atomic E-state index is 12.9. The molecule has 0 unspecified atom stereocenters.